The molecule has 1 aromatic carbocycles. The molecule has 0 aliphatic rings. The van der Waals surface area contributed by atoms with Gasteiger partial charge >= 0.3 is 6.41 Å². The number of amides is 1. The molecule has 0 aromatic heterocycles. The molecule has 3 nitrogen and oxygen atoms in total. The molecule has 0 saturated heterocycles. The Morgan fingerprint density at radius 1 is 1.31 bits per heavy atom. The summed E-state index contributed by atoms with van der Waals surface area (Å²) in [6, 6.07) is 10.1. The monoisotopic (exact) mass is 177 g/mol. The largest absolute Gasteiger partial charge is 0.327 e. The fraction of sp³-hybridized carbons (Fsp3) is 0.300. The van der Waals surface area contributed by atoms with Gasteiger partial charge in [0.05, 0.1) is 0 Å². The molecule has 0 fully saturated rings. The van der Waals surface area contributed by atoms with Crippen LogP contribution in [0.15, 0.2) is 30.3 Å². The van der Waals surface area contributed by atoms with Gasteiger partial charge in [0.25, 0.3) is 0 Å². The molecule has 1 amide bonds. The maximum atomic E-state index is 10.0. The molecule has 1 aromatic rings. The number of carbonyl (C=O) groups excluding carboxylic acids is 1. The highest BCUT2D eigenvalue weighted by Gasteiger charge is 1.95. The summed E-state index contributed by atoms with van der Waals surface area (Å²) in [7, 11) is 0. The van der Waals surface area contributed by atoms with E-state index in [2.05, 4.69) is 12.1 Å². The lowest BCUT2D eigenvalue weighted by molar-refractivity contribution is 0.386. The lowest BCUT2D eigenvalue weighted by atomic mass is 10.1. The Labute approximate surface area is 78.1 Å². The van der Waals surface area contributed by atoms with Gasteiger partial charge in [-0.25, -0.2) is 5.84 Å². The fourth-order valence-electron chi connectivity index (χ4n) is 1.14. The van der Waals surface area contributed by atoms with Crippen LogP contribution in [0, 0.1) is 0 Å². The molecule has 0 aliphatic heterocycles. The van der Waals surface area contributed by atoms with Crippen LogP contribution < -0.4 is 5.84 Å². The van der Waals surface area contributed by atoms with Gasteiger partial charge in [-0.15, -0.1) is 0 Å². The SMILES string of the molecule is NN([C]=O)CCCc1ccccc1. The molecule has 0 unspecified atom stereocenters. The van der Waals surface area contributed by atoms with E-state index in [1.165, 1.54) is 5.56 Å². The number of hydrazine groups is 1. The highest BCUT2D eigenvalue weighted by atomic mass is 16.1. The standard InChI is InChI=1S/C10H13N2O/c11-12(9-13)8-4-7-10-5-2-1-3-6-10/h1-3,5-6H,4,7-8,11H2. The molecule has 13 heavy (non-hydrogen) atoms. The Bertz CT molecular complexity index is 248. The van der Waals surface area contributed by atoms with Crippen molar-refractivity contribution in [1.29, 1.82) is 0 Å². The van der Waals surface area contributed by atoms with E-state index in [0.29, 0.717) is 6.54 Å². The van der Waals surface area contributed by atoms with Crippen LogP contribution in [-0.2, 0) is 11.2 Å². The van der Waals surface area contributed by atoms with Crippen LogP contribution in [-0.4, -0.2) is 18.0 Å². The van der Waals surface area contributed by atoms with Gasteiger partial charge in [0.15, 0.2) is 0 Å². The summed E-state index contributed by atoms with van der Waals surface area (Å²) in [6.45, 7) is 0.554. The van der Waals surface area contributed by atoms with Crippen LogP contribution in [0.2, 0.25) is 0 Å². The van der Waals surface area contributed by atoms with Crippen molar-refractivity contribution in [3.05, 3.63) is 35.9 Å². The van der Waals surface area contributed by atoms with Gasteiger partial charge in [0.1, 0.15) is 0 Å². The topological polar surface area (TPSA) is 46.3 Å². The van der Waals surface area contributed by atoms with Crippen LogP contribution in [0.3, 0.4) is 0 Å². The molecule has 0 saturated carbocycles. The number of hydrogen-bond acceptors (Lipinski definition) is 2. The van der Waals surface area contributed by atoms with Crippen LogP contribution >= 0.6 is 0 Å². The van der Waals surface area contributed by atoms with E-state index in [1.54, 1.807) is 6.41 Å². The minimum Gasteiger partial charge on any atom is -0.272 e. The molecular formula is C10H13N2O. The lowest BCUT2D eigenvalue weighted by Crippen LogP contribution is -2.30. The van der Waals surface area contributed by atoms with Crippen LogP contribution in [0.5, 0.6) is 0 Å². The van der Waals surface area contributed by atoms with Crippen molar-refractivity contribution >= 4 is 6.41 Å². The predicted molar refractivity (Wildman–Crippen MR) is 51.3 cm³/mol. The third-order valence-corrected chi connectivity index (χ3v) is 1.82. The van der Waals surface area contributed by atoms with Gasteiger partial charge in [-0.05, 0) is 18.4 Å². The Kier molecular flexibility index (Phi) is 3.99. The maximum absolute atomic E-state index is 10.0. The number of aryl methyl sites for hydroxylation is 1. The predicted octanol–water partition coefficient (Wildman–Crippen LogP) is 0.862. The number of nitrogens with zero attached hydrogens (tertiary/aromatic N) is 1. The lowest BCUT2D eigenvalue weighted by Gasteiger charge is -2.07. The summed E-state index contributed by atoms with van der Waals surface area (Å²) in [6.07, 6.45) is 3.42. The normalized spacial score (nSPS) is 9.62. The summed E-state index contributed by atoms with van der Waals surface area (Å²) in [5.41, 5.74) is 1.27. The van der Waals surface area contributed by atoms with E-state index in [9.17, 15) is 4.79 Å². The van der Waals surface area contributed by atoms with Crippen molar-refractivity contribution in [2.24, 2.45) is 5.84 Å². The van der Waals surface area contributed by atoms with Crippen molar-refractivity contribution in [2.45, 2.75) is 12.8 Å². The minimum atomic E-state index is 0.554. The van der Waals surface area contributed by atoms with Gasteiger partial charge in [0, 0.05) is 6.54 Å². The Balaban J connectivity index is 2.24. The Hall–Kier alpha value is -1.35. The average Bonchev–Trinajstić information content (AvgIpc) is 2.19. The first-order chi connectivity index (χ1) is 6.33. The van der Waals surface area contributed by atoms with Crippen molar-refractivity contribution < 1.29 is 4.79 Å². The molecule has 0 atom stereocenters. The van der Waals surface area contributed by atoms with Gasteiger partial charge in [-0.3, -0.25) is 9.80 Å². The molecular weight excluding hydrogens is 164 g/mol. The quantitative estimate of drug-likeness (QED) is 0.314. The molecule has 0 spiro atoms. The average molecular weight is 177 g/mol. The molecule has 69 valence electrons. The van der Waals surface area contributed by atoms with Crippen molar-refractivity contribution in [1.82, 2.24) is 5.01 Å². The minimum absolute atomic E-state index is 0.554. The summed E-state index contributed by atoms with van der Waals surface area (Å²) >= 11 is 0. The summed E-state index contributed by atoms with van der Waals surface area (Å²) in [4.78, 5) is 10.0. The third-order valence-electron chi connectivity index (χ3n) is 1.82. The number of rotatable bonds is 5. The van der Waals surface area contributed by atoms with E-state index >= 15 is 0 Å². The number of benzene rings is 1. The molecule has 2 N–H and O–H groups in total. The zero-order valence-corrected chi connectivity index (χ0v) is 7.44. The zero-order chi connectivity index (χ0) is 9.52. The van der Waals surface area contributed by atoms with E-state index in [-0.39, 0.29) is 0 Å². The first kappa shape index (κ1) is 9.74. The molecule has 1 rings (SSSR count). The van der Waals surface area contributed by atoms with E-state index in [1.807, 2.05) is 18.2 Å². The van der Waals surface area contributed by atoms with Gasteiger partial charge < -0.3 is 0 Å². The highest BCUT2D eigenvalue weighted by Crippen LogP contribution is 2.01. The van der Waals surface area contributed by atoms with Gasteiger partial charge in [0.2, 0.25) is 0 Å². The van der Waals surface area contributed by atoms with Gasteiger partial charge in [-0.1, -0.05) is 30.3 Å². The molecule has 0 heterocycles. The Morgan fingerprint density at radius 2 is 2.00 bits per heavy atom. The second kappa shape index (κ2) is 5.32. The van der Waals surface area contributed by atoms with Crippen LogP contribution in [0.4, 0.5) is 0 Å². The third kappa shape index (κ3) is 3.71. The maximum Gasteiger partial charge on any atom is 0.327 e. The summed E-state index contributed by atoms with van der Waals surface area (Å²) in [5, 5.41) is 1.04. The fourth-order valence-corrected chi connectivity index (χ4v) is 1.14. The van der Waals surface area contributed by atoms with Crippen molar-refractivity contribution in [3.8, 4) is 0 Å². The van der Waals surface area contributed by atoms with Crippen molar-refractivity contribution in [2.75, 3.05) is 6.54 Å². The first-order valence-electron chi connectivity index (χ1n) is 4.27. The molecule has 0 bridgehead atoms. The van der Waals surface area contributed by atoms with Crippen LogP contribution in [0.25, 0.3) is 0 Å². The zero-order valence-electron chi connectivity index (χ0n) is 7.44. The van der Waals surface area contributed by atoms with E-state index in [0.717, 1.165) is 17.9 Å². The van der Waals surface area contributed by atoms with Crippen molar-refractivity contribution in [3.63, 3.8) is 0 Å². The summed E-state index contributed by atoms with van der Waals surface area (Å²) in [5.74, 6) is 5.25. The first-order valence-corrected chi connectivity index (χ1v) is 4.27. The van der Waals surface area contributed by atoms with E-state index in [4.69, 9.17) is 5.84 Å². The summed E-state index contributed by atoms with van der Waals surface area (Å²) < 4.78 is 0. The number of hydrogen-bond donors (Lipinski definition) is 1. The highest BCUT2D eigenvalue weighted by molar-refractivity contribution is 5.46. The van der Waals surface area contributed by atoms with Gasteiger partial charge in [-0.2, -0.15) is 0 Å². The second-order valence-electron chi connectivity index (χ2n) is 2.87. The number of nitrogens with two attached hydrogens (primary N) is 1. The molecule has 1 radical (unpaired) electrons. The Morgan fingerprint density at radius 3 is 2.62 bits per heavy atom. The second-order valence-corrected chi connectivity index (χ2v) is 2.87. The molecule has 3 heteroatoms. The van der Waals surface area contributed by atoms with E-state index < -0.39 is 0 Å². The smallest absolute Gasteiger partial charge is 0.272 e. The molecule has 0 aliphatic carbocycles. The van der Waals surface area contributed by atoms with Crippen LogP contribution in [0.1, 0.15) is 12.0 Å².